The van der Waals surface area contributed by atoms with Crippen molar-refractivity contribution in [1.29, 1.82) is 0 Å². The lowest BCUT2D eigenvalue weighted by atomic mass is 10.1. The number of hydrogen-bond acceptors (Lipinski definition) is 5. The van der Waals surface area contributed by atoms with Crippen molar-refractivity contribution < 1.29 is 22.8 Å². The van der Waals surface area contributed by atoms with E-state index in [2.05, 4.69) is 0 Å². The number of benzene rings is 2. The van der Waals surface area contributed by atoms with Gasteiger partial charge in [-0.1, -0.05) is 6.07 Å². The van der Waals surface area contributed by atoms with Crippen LogP contribution in [0, 0.1) is 0 Å². The number of anilines is 1. The predicted octanol–water partition coefficient (Wildman–Crippen LogP) is 1.38. The molecule has 6 nitrogen and oxygen atoms in total. The quantitative estimate of drug-likeness (QED) is 0.561. The van der Waals surface area contributed by atoms with Crippen molar-refractivity contribution in [3.05, 3.63) is 24.3 Å². The van der Waals surface area contributed by atoms with E-state index in [9.17, 15) is 13.5 Å². The molecule has 0 radical (unpaired) electrons. The minimum absolute atomic E-state index is 0.256. The van der Waals surface area contributed by atoms with E-state index in [0.29, 0.717) is 16.5 Å². The van der Waals surface area contributed by atoms with Crippen LogP contribution in [-0.4, -0.2) is 25.2 Å². The summed E-state index contributed by atoms with van der Waals surface area (Å²) in [6.07, 6.45) is 0. The third-order valence-electron chi connectivity index (χ3n) is 2.56. The molecule has 0 amide bonds. The summed E-state index contributed by atoms with van der Waals surface area (Å²) < 4.78 is 36.1. The van der Waals surface area contributed by atoms with Crippen molar-refractivity contribution in [2.75, 3.05) is 12.8 Å². The Balaban J connectivity index is 2.90. The number of methoxy groups -OCH3 is 1. The fourth-order valence-electron chi connectivity index (χ4n) is 1.77. The highest BCUT2D eigenvalue weighted by Gasteiger charge is 2.16. The number of nitrogens with two attached hydrogens (primary N) is 1. The molecule has 0 unspecified atom stereocenters. The first-order valence-electron chi connectivity index (χ1n) is 4.91. The standard InChI is InChI=1S/C11H11NO5S/c1-17-11-8(12)3-2-6-4-7(18(14,15)16)5-9(13)10(6)11/h2-5,13H,12H2,1H3,(H,14,15,16). The van der Waals surface area contributed by atoms with Crippen LogP contribution >= 0.6 is 0 Å². The molecule has 18 heavy (non-hydrogen) atoms. The van der Waals surface area contributed by atoms with Crippen molar-refractivity contribution in [2.24, 2.45) is 0 Å². The predicted molar refractivity (Wildman–Crippen MR) is 66.4 cm³/mol. The van der Waals surface area contributed by atoms with Crippen molar-refractivity contribution in [3.63, 3.8) is 0 Å². The third kappa shape index (κ3) is 1.93. The molecule has 0 aromatic heterocycles. The van der Waals surface area contributed by atoms with Crippen LogP contribution < -0.4 is 10.5 Å². The number of rotatable bonds is 2. The number of phenolic OH excluding ortho intramolecular Hbond substituents is 1. The van der Waals surface area contributed by atoms with Gasteiger partial charge in [0, 0.05) is 6.07 Å². The molecule has 2 aromatic rings. The van der Waals surface area contributed by atoms with Crippen LogP contribution in [0.1, 0.15) is 0 Å². The lowest BCUT2D eigenvalue weighted by Gasteiger charge is -2.11. The van der Waals surface area contributed by atoms with Gasteiger partial charge in [-0.15, -0.1) is 0 Å². The van der Waals surface area contributed by atoms with Crippen LogP contribution in [0.25, 0.3) is 10.8 Å². The fourth-order valence-corrected chi connectivity index (χ4v) is 2.31. The van der Waals surface area contributed by atoms with E-state index in [0.717, 1.165) is 6.07 Å². The van der Waals surface area contributed by atoms with Gasteiger partial charge in [0.2, 0.25) is 0 Å². The Labute approximate surface area is 103 Å². The SMILES string of the molecule is COc1c(N)ccc2cc(S(=O)(=O)O)cc(O)c12. The van der Waals surface area contributed by atoms with Gasteiger partial charge in [0.15, 0.2) is 5.75 Å². The van der Waals surface area contributed by atoms with Crippen molar-refractivity contribution in [1.82, 2.24) is 0 Å². The summed E-state index contributed by atoms with van der Waals surface area (Å²) in [6.45, 7) is 0. The number of nitrogen functional groups attached to an aromatic ring is 1. The number of phenols is 1. The first-order chi connectivity index (χ1) is 8.34. The topological polar surface area (TPSA) is 110 Å². The maximum atomic E-state index is 11.0. The van der Waals surface area contributed by atoms with Gasteiger partial charge in [0.25, 0.3) is 10.1 Å². The molecule has 2 rings (SSSR count). The summed E-state index contributed by atoms with van der Waals surface area (Å²) in [6, 6.07) is 5.22. The number of aromatic hydroxyl groups is 1. The molecule has 0 bridgehead atoms. The molecule has 7 heteroatoms. The van der Waals surface area contributed by atoms with E-state index >= 15 is 0 Å². The second-order valence-corrected chi connectivity index (χ2v) is 5.13. The molecule has 0 fully saturated rings. The van der Waals surface area contributed by atoms with Gasteiger partial charge < -0.3 is 15.6 Å². The third-order valence-corrected chi connectivity index (χ3v) is 3.39. The molecule has 0 saturated carbocycles. The lowest BCUT2D eigenvalue weighted by molar-refractivity contribution is 0.417. The van der Waals surface area contributed by atoms with E-state index in [1.807, 2.05) is 0 Å². The zero-order valence-corrected chi connectivity index (χ0v) is 10.2. The van der Waals surface area contributed by atoms with Crippen molar-refractivity contribution >= 4 is 26.6 Å². The molecule has 0 aliphatic heterocycles. The van der Waals surface area contributed by atoms with Crippen molar-refractivity contribution in [3.8, 4) is 11.5 Å². The summed E-state index contributed by atoms with van der Waals surface area (Å²) >= 11 is 0. The summed E-state index contributed by atoms with van der Waals surface area (Å²) in [5.74, 6) is -0.0730. The molecule has 0 aliphatic rings. The van der Waals surface area contributed by atoms with Crippen molar-refractivity contribution in [2.45, 2.75) is 4.90 Å². The van der Waals surface area contributed by atoms with Gasteiger partial charge in [-0.25, -0.2) is 0 Å². The van der Waals surface area contributed by atoms with E-state index in [1.165, 1.54) is 25.3 Å². The van der Waals surface area contributed by atoms with Gasteiger partial charge in [-0.2, -0.15) is 8.42 Å². The van der Waals surface area contributed by atoms with Gasteiger partial charge in [0.05, 0.1) is 23.1 Å². The Morgan fingerprint density at radius 3 is 2.50 bits per heavy atom. The van der Waals surface area contributed by atoms with E-state index in [1.54, 1.807) is 0 Å². The molecule has 0 spiro atoms. The minimum atomic E-state index is -4.38. The highest BCUT2D eigenvalue weighted by molar-refractivity contribution is 7.85. The summed E-state index contributed by atoms with van der Waals surface area (Å²) in [7, 11) is -2.99. The molecule has 2 aromatic carbocycles. The molecular weight excluding hydrogens is 258 g/mol. The first-order valence-corrected chi connectivity index (χ1v) is 6.35. The van der Waals surface area contributed by atoms with Gasteiger partial charge in [-0.3, -0.25) is 4.55 Å². The zero-order valence-electron chi connectivity index (χ0n) is 9.41. The second-order valence-electron chi connectivity index (χ2n) is 3.70. The Morgan fingerprint density at radius 2 is 1.94 bits per heavy atom. The Morgan fingerprint density at radius 1 is 1.28 bits per heavy atom. The van der Waals surface area contributed by atoms with Crippen LogP contribution in [0.5, 0.6) is 11.5 Å². The summed E-state index contributed by atoms with van der Waals surface area (Å²) in [4.78, 5) is -0.390. The molecule has 0 saturated heterocycles. The second kappa shape index (κ2) is 4.04. The average molecular weight is 269 g/mol. The fraction of sp³-hybridized carbons (Fsp3) is 0.0909. The van der Waals surface area contributed by atoms with Crippen LogP contribution in [0.4, 0.5) is 5.69 Å². The molecule has 0 aliphatic carbocycles. The maximum Gasteiger partial charge on any atom is 0.294 e. The summed E-state index contributed by atoms with van der Waals surface area (Å²) in [5.41, 5.74) is 6.01. The highest BCUT2D eigenvalue weighted by Crippen LogP contribution is 2.39. The monoisotopic (exact) mass is 269 g/mol. The summed E-state index contributed by atoms with van der Waals surface area (Å²) in [5, 5.41) is 10.5. The number of ether oxygens (including phenoxy) is 1. The number of fused-ring (bicyclic) bond motifs is 1. The van der Waals surface area contributed by atoms with Crippen LogP contribution in [0.15, 0.2) is 29.2 Å². The van der Waals surface area contributed by atoms with Gasteiger partial charge >= 0.3 is 0 Å². The van der Waals surface area contributed by atoms with Gasteiger partial charge in [0.1, 0.15) is 5.75 Å². The molecular formula is C11H11NO5S. The van der Waals surface area contributed by atoms with Crippen LogP contribution in [-0.2, 0) is 10.1 Å². The number of hydrogen-bond donors (Lipinski definition) is 3. The molecule has 4 N–H and O–H groups in total. The highest BCUT2D eigenvalue weighted by atomic mass is 32.2. The Hall–Kier alpha value is -1.99. The molecule has 96 valence electrons. The largest absolute Gasteiger partial charge is 0.507 e. The van der Waals surface area contributed by atoms with Crippen LogP contribution in [0.3, 0.4) is 0 Å². The van der Waals surface area contributed by atoms with E-state index in [4.69, 9.17) is 15.0 Å². The minimum Gasteiger partial charge on any atom is -0.507 e. The first kappa shape index (κ1) is 12.5. The van der Waals surface area contributed by atoms with Crippen LogP contribution in [0.2, 0.25) is 0 Å². The normalized spacial score (nSPS) is 11.7. The van der Waals surface area contributed by atoms with E-state index in [-0.39, 0.29) is 16.4 Å². The zero-order chi connectivity index (χ0) is 13.5. The average Bonchev–Trinajstić information content (AvgIpc) is 2.28. The van der Waals surface area contributed by atoms with E-state index < -0.39 is 10.1 Å². The van der Waals surface area contributed by atoms with Gasteiger partial charge in [-0.05, 0) is 17.5 Å². The molecule has 0 heterocycles. The maximum absolute atomic E-state index is 11.0. The smallest absolute Gasteiger partial charge is 0.294 e. The lowest BCUT2D eigenvalue weighted by Crippen LogP contribution is -1.99. The molecule has 0 atom stereocenters. The Bertz CT molecular complexity index is 724. The Kier molecular flexibility index (Phi) is 2.80.